The van der Waals surface area contributed by atoms with Crippen molar-refractivity contribution in [1.29, 1.82) is 0 Å². The summed E-state index contributed by atoms with van der Waals surface area (Å²) in [4.78, 5) is 14.7. The van der Waals surface area contributed by atoms with Gasteiger partial charge in [-0.15, -0.1) is 0 Å². The topological polar surface area (TPSA) is 50.8 Å². The molecule has 1 aliphatic rings. The maximum Gasteiger partial charge on any atom is 0.262 e. The summed E-state index contributed by atoms with van der Waals surface area (Å²) >= 11 is 0. The van der Waals surface area contributed by atoms with Crippen LogP contribution in [0.2, 0.25) is 0 Å². The number of nitrogens with one attached hydrogen (secondary N) is 1. The highest BCUT2D eigenvalue weighted by Gasteiger charge is 2.12. The molecule has 1 fully saturated rings. The second kappa shape index (κ2) is 9.95. The number of amides is 1. The number of benzene rings is 2. The van der Waals surface area contributed by atoms with E-state index in [1.54, 1.807) is 7.11 Å². The van der Waals surface area contributed by atoms with E-state index in [1.807, 2.05) is 49.4 Å². The lowest BCUT2D eigenvalue weighted by molar-refractivity contribution is -0.118. The van der Waals surface area contributed by atoms with E-state index in [0.29, 0.717) is 11.5 Å². The van der Waals surface area contributed by atoms with Gasteiger partial charge in [-0.05, 0) is 68.2 Å². The molecular weight excluding hydrogens is 352 g/mol. The molecule has 28 heavy (non-hydrogen) atoms. The zero-order valence-electron chi connectivity index (χ0n) is 16.6. The average Bonchev–Trinajstić information content (AvgIpc) is 3.21. The number of nitrogens with zero attached hydrogens (tertiary/aromatic N) is 1. The first-order valence-corrected chi connectivity index (χ1v) is 9.72. The minimum atomic E-state index is -0.202. The highest BCUT2D eigenvalue weighted by atomic mass is 16.5. The van der Waals surface area contributed by atoms with E-state index in [2.05, 4.69) is 22.3 Å². The number of anilines is 1. The number of carbonyl (C=O) groups excluding carboxylic acids is 1. The van der Waals surface area contributed by atoms with Crippen LogP contribution in [0.5, 0.6) is 11.5 Å². The average molecular weight is 380 g/mol. The number of methoxy groups -OCH3 is 1. The van der Waals surface area contributed by atoms with Crippen LogP contribution in [0.25, 0.3) is 6.08 Å². The lowest BCUT2D eigenvalue weighted by atomic mass is 10.2. The maximum absolute atomic E-state index is 12.2. The lowest BCUT2D eigenvalue weighted by Gasteiger charge is -2.15. The molecule has 0 unspecified atom stereocenters. The van der Waals surface area contributed by atoms with Crippen LogP contribution in [0.1, 0.15) is 30.9 Å². The van der Waals surface area contributed by atoms with Crippen LogP contribution in [-0.4, -0.2) is 37.6 Å². The molecule has 1 heterocycles. The Morgan fingerprint density at radius 1 is 1.11 bits per heavy atom. The van der Waals surface area contributed by atoms with Gasteiger partial charge in [-0.2, -0.15) is 0 Å². The first-order chi connectivity index (χ1) is 13.7. The molecule has 1 amide bonds. The van der Waals surface area contributed by atoms with Crippen LogP contribution < -0.4 is 14.8 Å². The summed E-state index contributed by atoms with van der Waals surface area (Å²) in [6.45, 7) is 5.21. The van der Waals surface area contributed by atoms with E-state index in [4.69, 9.17) is 9.47 Å². The Labute approximate surface area is 167 Å². The van der Waals surface area contributed by atoms with Crippen LogP contribution >= 0.6 is 0 Å². The molecule has 1 N–H and O–H groups in total. The predicted octanol–water partition coefficient (Wildman–Crippen LogP) is 4.34. The fourth-order valence-electron chi connectivity index (χ4n) is 3.33. The summed E-state index contributed by atoms with van der Waals surface area (Å²) in [7, 11) is 1.59. The minimum Gasteiger partial charge on any atom is -0.493 e. The van der Waals surface area contributed by atoms with E-state index >= 15 is 0 Å². The number of allylic oxidation sites excluding steroid dienone is 1. The van der Waals surface area contributed by atoms with Crippen molar-refractivity contribution in [2.45, 2.75) is 26.3 Å². The molecule has 0 aliphatic carbocycles. The molecule has 148 valence electrons. The third-order valence-corrected chi connectivity index (χ3v) is 4.75. The molecule has 1 aliphatic heterocycles. The summed E-state index contributed by atoms with van der Waals surface area (Å²) in [6.07, 6.45) is 6.51. The zero-order valence-corrected chi connectivity index (χ0v) is 16.6. The van der Waals surface area contributed by atoms with Gasteiger partial charge < -0.3 is 14.8 Å². The van der Waals surface area contributed by atoms with Gasteiger partial charge in [-0.3, -0.25) is 9.69 Å². The fourth-order valence-corrected chi connectivity index (χ4v) is 3.33. The Kier molecular flexibility index (Phi) is 7.09. The Bertz CT molecular complexity index is 809. The summed E-state index contributed by atoms with van der Waals surface area (Å²) in [5.74, 6) is 0.952. The Morgan fingerprint density at radius 2 is 1.86 bits per heavy atom. The molecule has 5 heteroatoms. The Balaban J connectivity index is 1.51. The highest BCUT2D eigenvalue weighted by Crippen LogP contribution is 2.28. The number of rotatable bonds is 8. The smallest absolute Gasteiger partial charge is 0.262 e. The second-order valence-electron chi connectivity index (χ2n) is 6.93. The first-order valence-electron chi connectivity index (χ1n) is 9.72. The van der Waals surface area contributed by atoms with E-state index in [-0.39, 0.29) is 12.5 Å². The van der Waals surface area contributed by atoms with E-state index in [0.717, 1.165) is 17.8 Å². The molecule has 0 atom stereocenters. The van der Waals surface area contributed by atoms with Crippen LogP contribution in [0, 0.1) is 0 Å². The largest absolute Gasteiger partial charge is 0.493 e. The van der Waals surface area contributed by atoms with Gasteiger partial charge in [0, 0.05) is 12.2 Å². The molecule has 2 aromatic carbocycles. The van der Waals surface area contributed by atoms with Gasteiger partial charge in [0.25, 0.3) is 5.91 Å². The third kappa shape index (κ3) is 5.60. The SMILES string of the molecule is CC=Cc1ccc(OCC(=O)Nc2ccc(CN3CCCC3)cc2)c(OC)c1. The summed E-state index contributed by atoms with van der Waals surface area (Å²) < 4.78 is 11.0. The van der Waals surface area contributed by atoms with Gasteiger partial charge in [0.1, 0.15) is 0 Å². The van der Waals surface area contributed by atoms with Crippen molar-refractivity contribution in [3.63, 3.8) is 0 Å². The molecule has 0 aromatic heterocycles. The van der Waals surface area contributed by atoms with Crippen molar-refractivity contribution >= 4 is 17.7 Å². The molecule has 0 radical (unpaired) electrons. The van der Waals surface area contributed by atoms with Gasteiger partial charge in [-0.25, -0.2) is 0 Å². The van der Waals surface area contributed by atoms with E-state index < -0.39 is 0 Å². The van der Waals surface area contributed by atoms with Gasteiger partial charge >= 0.3 is 0 Å². The highest BCUT2D eigenvalue weighted by molar-refractivity contribution is 5.91. The predicted molar refractivity (Wildman–Crippen MR) is 113 cm³/mol. The normalized spacial score (nSPS) is 14.4. The Hall–Kier alpha value is -2.79. The van der Waals surface area contributed by atoms with Crippen molar-refractivity contribution in [3.05, 3.63) is 59.7 Å². The van der Waals surface area contributed by atoms with Crippen LogP contribution in [0.4, 0.5) is 5.69 Å². The van der Waals surface area contributed by atoms with Crippen LogP contribution in [0.15, 0.2) is 48.5 Å². The molecular formula is C23H28N2O3. The molecule has 0 bridgehead atoms. The number of likely N-dealkylation sites (tertiary alicyclic amines) is 1. The summed E-state index contributed by atoms with van der Waals surface area (Å²) in [6, 6.07) is 13.6. The number of carbonyl (C=O) groups is 1. The van der Waals surface area contributed by atoms with Gasteiger partial charge in [0.15, 0.2) is 18.1 Å². The lowest BCUT2D eigenvalue weighted by Crippen LogP contribution is -2.20. The molecule has 5 nitrogen and oxygen atoms in total. The number of hydrogen-bond donors (Lipinski definition) is 1. The first kappa shape index (κ1) is 20.0. The standard InChI is InChI=1S/C23H28N2O3/c1-3-6-18-9-12-21(22(15-18)27-2)28-17-23(26)24-20-10-7-19(8-11-20)16-25-13-4-5-14-25/h3,6-12,15H,4-5,13-14,16-17H2,1-2H3,(H,24,26). The molecule has 2 aromatic rings. The molecule has 1 saturated heterocycles. The number of ether oxygens (including phenoxy) is 2. The quantitative estimate of drug-likeness (QED) is 0.740. The zero-order chi connectivity index (χ0) is 19.8. The van der Waals surface area contributed by atoms with Gasteiger partial charge in [0.2, 0.25) is 0 Å². The third-order valence-electron chi connectivity index (χ3n) is 4.75. The van der Waals surface area contributed by atoms with Crippen molar-refractivity contribution in [2.75, 3.05) is 32.1 Å². The fraction of sp³-hybridized carbons (Fsp3) is 0.348. The monoisotopic (exact) mass is 380 g/mol. The minimum absolute atomic E-state index is 0.0746. The summed E-state index contributed by atoms with van der Waals surface area (Å²) in [5, 5.41) is 2.87. The van der Waals surface area contributed by atoms with Crippen LogP contribution in [-0.2, 0) is 11.3 Å². The Morgan fingerprint density at radius 3 is 2.54 bits per heavy atom. The van der Waals surface area contributed by atoms with Crippen molar-refractivity contribution in [3.8, 4) is 11.5 Å². The van der Waals surface area contributed by atoms with Gasteiger partial charge in [0.05, 0.1) is 7.11 Å². The van der Waals surface area contributed by atoms with Gasteiger partial charge in [-0.1, -0.05) is 30.4 Å². The second-order valence-corrected chi connectivity index (χ2v) is 6.93. The van der Waals surface area contributed by atoms with E-state index in [1.165, 1.54) is 31.5 Å². The number of hydrogen-bond acceptors (Lipinski definition) is 4. The molecule has 3 rings (SSSR count). The molecule has 0 saturated carbocycles. The van der Waals surface area contributed by atoms with E-state index in [9.17, 15) is 4.79 Å². The van der Waals surface area contributed by atoms with Crippen molar-refractivity contribution in [2.24, 2.45) is 0 Å². The van der Waals surface area contributed by atoms with Crippen LogP contribution in [0.3, 0.4) is 0 Å². The summed E-state index contributed by atoms with van der Waals surface area (Å²) in [5.41, 5.74) is 3.06. The molecule has 0 spiro atoms. The van der Waals surface area contributed by atoms with Crippen molar-refractivity contribution < 1.29 is 14.3 Å². The van der Waals surface area contributed by atoms with Crippen molar-refractivity contribution in [1.82, 2.24) is 4.90 Å². The maximum atomic E-state index is 12.2.